The zero-order chi connectivity index (χ0) is 11.3. The molecule has 0 bridgehead atoms. The predicted molar refractivity (Wildman–Crippen MR) is 65.7 cm³/mol. The first-order valence-corrected chi connectivity index (χ1v) is 6.56. The van der Waals surface area contributed by atoms with Crippen LogP contribution in [0.25, 0.3) is 0 Å². The SMILES string of the molecule is CSCCC(=O)Nc1cc(F)ccc1Br. The molecule has 1 aromatic rings. The van der Waals surface area contributed by atoms with Crippen LogP contribution in [0.3, 0.4) is 0 Å². The van der Waals surface area contributed by atoms with Crippen LogP contribution in [0.1, 0.15) is 6.42 Å². The van der Waals surface area contributed by atoms with Gasteiger partial charge in [0.1, 0.15) is 5.82 Å². The van der Waals surface area contributed by atoms with Gasteiger partial charge in [0.25, 0.3) is 0 Å². The monoisotopic (exact) mass is 291 g/mol. The molecule has 0 fully saturated rings. The zero-order valence-corrected chi connectivity index (χ0v) is 10.6. The fourth-order valence-electron chi connectivity index (χ4n) is 1.00. The Balaban J connectivity index is 2.63. The van der Waals surface area contributed by atoms with Gasteiger partial charge in [-0.15, -0.1) is 0 Å². The highest BCUT2D eigenvalue weighted by Gasteiger charge is 2.05. The van der Waals surface area contributed by atoms with Gasteiger partial charge in [0, 0.05) is 16.6 Å². The van der Waals surface area contributed by atoms with Gasteiger partial charge in [-0.3, -0.25) is 4.79 Å². The van der Waals surface area contributed by atoms with Gasteiger partial charge in [-0.05, 0) is 40.4 Å². The first-order chi connectivity index (χ1) is 7.13. The van der Waals surface area contributed by atoms with Gasteiger partial charge in [-0.25, -0.2) is 4.39 Å². The number of anilines is 1. The lowest BCUT2D eigenvalue weighted by Gasteiger charge is -2.06. The number of thioether (sulfide) groups is 1. The van der Waals surface area contributed by atoms with E-state index in [1.165, 1.54) is 12.1 Å². The minimum Gasteiger partial charge on any atom is -0.325 e. The van der Waals surface area contributed by atoms with Crippen molar-refractivity contribution in [1.82, 2.24) is 0 Å². The largest absolute Gasteiger partial charge is 0.325 e. The van der Waals surface area contributed by atoms with Crippen LogP contribution in [-0.4, -0.2) is 17.9 Å². The Kier molecular flexibility index (Phi) is 5.11. The quantitative estimate of drug-likeness (QED) is 0.922. The van der Waals surface area contributed by atoms with E-state index < -0.39 is 0 Å². The minimum absolute atomic E-state index is 0.101. The van der Waals surface area contributed by atoms with Gasteiger partial charge in [0.2, 0.25) is 5.91 Å². The number of amides is 1. The van der Waals surface area contributed by atoms with Gasteiger partial charge in [0.15, 0.2) is 0 Å². The van der Waals surface area contributed by atoms with Crippen molar-refractivity contribution in [2.24, 2.45) is 0 Å². The Labute approximate surface area is 101 Å². The van der Waals surface area contributed by atoms with E-state index in [1.54, 1.807) is 17.8 Å². The lowest BCUT2D eigenvalue weighted by Crippen LogP contribution is -2.12. The number of benzene rings is 1. The molecule has 0 aliphatic rings. The number of hydrogen-bond acceptors (Lipinski definition) is 2. The van der Waals surface area contributed by atoms with E-state index in [0.717, 1.165) is 5.75 Å². The van der Waals surface area contributed by atoms with Gasteiger partial charge in [-0.2, -0.15) is 11.8 Å². The Morgan fingerprint density at radius 3 is 3.00 bits per heavy atom. The smallest absolute Gasteiger partial charge is 0.225 e. The number of halogens is 2. The maximum Gasteiger partial charge on any atom is 0.225 e. The van der Waals surface area contributed by atoms with Gasteiger partial charge in [-0.1, -0.05) is 0 Å². The lowest BCUT2D eigenvalue weighted by atomic mass is 10.3. The molecule has 0 saturated heterocycles. The Hall–Kier alpha value is -0.550. The summed E-state index contributed by atoms with van der Waals surface area (Å²) in [5.74, 6) is 0.299. The van der Waals surface area contributed by atoms with Crippen molar-refractivity contribution in [2.75, 3.05) is 17.3 Å². The number of carbonyl (C=O) groups is 1. The average Bonchev–Trinajstić information content (AvgIpc) is 2.20. The molecule has 0 atom stereocenters. The van der Waals surface area contributed by atoms with Gasteiger partial charge >= 0.3 is 0 Å². The fraction of sp³-hybridized carbons (Fsp3) is 0.300. The van der Waals surface area contributed by atoms with E-state index in [2.05, 4.69) is 21.2 Å². The summed E-state index contributed by atoms with van der Waals surface area (Å²) in [6, 6.07) is 4.20. The molecule has 2 nitrogen and oxygen atoms in total. The van der Waals surface area contributed by atoms with Crippen molar-refractivity contribution < 1.29 is 9.18 Å². The van der Waals surface area contributed by atoms with Crippen LogP contribution in [0.4, 0.5) is 10.1 Å². The van der Waals surface area contributed by atoms with Crippen molar-refractivity contribution in [3.05, 3.63) is 28.5 Å². The van der Waals surface area contributed by atoms with Crippen LogP contribution in [0.15, 0.2) is 22.7 Å². The molecule has 0 saturated carbocycles. The summed E-state index contributed by atoms with van der Waals surface area (Å²) in [6.45, 7) is 0. The van der Waals surface area contributed by atoms with Crippen molar-refractivity contribution in [1.29, 1.82) is 0 Å². The van der Waals surface area contributed by atoms with Crippen molar-refractivity contribution in [2.45, 2.75) is 6.42 Å². The molecule has 0 unspecified atom stereocenters. The van der Waals surface area contributed by atoms with Crippen molar-refractivity contribution >= 4 is 39.3 Å². The molecule has 1 rings (SSSR count). The van der Waals surface area contributed by atoms with E-state index in [0.29, 0.717) is 16.6 Å². The molecule has 0 radical (unpaired) electrons. The van der Waals surface area contributed by atoms with Crippen LogP contribution in [-0.2, 0) is 4.79 Å². The highest BCUT2D eigenvalue weighted by molar-refractivity contribution is 9.10. The highest BCUT2D eigenvalue weighted by Crippen LogP contribution is 2.23. The average molecular weight is 292 g/mol. The van der Waals surface area contributed by atoms with E-state index in [9.17, 15) is 9.18 Å². The van der Waals surface area contributed by atoms with E-state index in [4.69, 9.17) is 0 Å². The Morgan fingerprint density at radius 2 is 2.33 bits per heavy atom. The van der Waals surface area contributed by atoms with Crippen LogP contribution in [0, 0.1) is 5.82 Å². The normalized spacial score (nSPS) is 10.1. The number of hydrogen-bond donors (Lipinski definition) is 1. The van der Waals surface area contributed by atoms with Crippen LogP contribution in [0.2, 0.25) is 0 Å². The third-order valence-corrected chi connectivity index (χ3v) is 3.04. The molecule has 0 heterocycles. The molecule has 1 aromatic carbocycles. The summed E-state index contributed by atoms with van der Waals surface area (Å²) in [6.07, 6.45) is 2.37. The Morgan fingerprint density at radius 1 is 1.60 bits per heavy atom. The van der Waals surface area contributed by atoms with Gasteiger partial charge in [0.05, 0.1) is 5.69 Å². The summed E-state index contributed by atoms with van der Waals surface area (Å²) in [7, 11) is 0. The number of carbonyl (C=O) groups excluding carboxylic acids is 1. The minimum atomic E-state index is -0.363. The summed E-state index contributed by atoms with van der Waals surface area (Å²) >= 11 is 4.84. The number of nitrogens with one attached hydrogen (secondary N) is 1. The summed E-state index contributed by atoms with van der Waals surface area (Å²) in [5, 5.41) is 2.65. The zero-order valence-electron chi connectivity index (χ0n) is 8.22. The molecule has 1 N–H and O–H groups in total. The molecule has 82 valence electrons. The van der Waals surface area contributed by atoms with Crippen molar-refractivity contribution in [3.8, 4) is 0 Å². The highest BCUT2D eigenvalue weighted by atomic mass is 79.9. The third-order valence-electron chi connectivity index (χ3n) is 1.74. The molecule has 0 aliphatic carbocycles. The molecule has 5 heteroatoms. The first-order valence-electron chi connectivity index (χ1n) is 4.37. The molecule has 0 aromatic heterocycles. The predicted octanol–water partition coefficient (Wildman–Crippen LogP) is 3.28. The van der Waals surface area contributed by atoms with Crippen LogP contribution >= 0.6 is 27.7 Å². The van der Waals surface area contributed by atoms with E-state index in [-0.39, 0.29) is 11.7 Å². The molecule has 0 aliphatic heterocycles. The molecular formula is C10H11BrFNOS. The van der Waals surface area contributed by atoms with Crippen LogP contribution < -0.4 is 5.32 Å². The second-order valence-electron chi connectivity index (χ2n) is 2.92. The van der Waals surface area contributed by atoms with Crippen LogP contribution in [0.5, 0.6) is 0 Å². The van der Waals surface area contributed by atoms with Crippen molar-refractivity contribution in [3.63, 3.8) is 0 Å². The Bertz CT molecular complexity index is 359. The van der Waals surface area contributed by atoms with E-state index in [1.807, 2.05) is 6.26 Å². The maximum absolute atomic E-state index is 12.9. The maximum atomic E-state index is 12.9. The third kappa shape index (κ3) is 4.22. The molecule has 0 spiro atoms. The summed E-state index contributed by atoms with van der Waals surface area (Å²) in [5.41, 5.74) is 0.473. The number of rotatable bonds is 4. The fourth-order valence-corrected chi connectivity index (χ4v) is 1.74. The van der Waals surface area contributed by atoms with E-state index >= 15 is 0 Å². The topological polar surface area (TPSA) is 29.1 Å². The second kappa shape index (κ2) is 6.12. The molecule has 15 heavy (non-hydrogen) atoms. The second-order valence-corrected chi connectivity index (χ2v) is 4.76. The summed E-state index contributed by atoms with van der Waals surface area (Å²) in [4.78, 5) is 11.4. The standard InChI is InChI=1S/C10H11BrFNOS/c1-15-5-4-10(14)13-9-6-7(12)2-3-8(9)11/h2-3,6H,4-5H2,1H3,(H,13,14). The van der Waals surface area contributed by atoms with Gasteiger partial charge < -0.3 is 5.32 Å². The summed E-state index contributed by atoms with van der Waals surface area (Å²) < 4.78 is 13.6. The molecule has 1 amide bonds. The first kappa shape index (κ1) is 12.5. The lowest BCUT2D eigenvalue weighted by molar-refractivity contribution is -0.115. The molecular weight excluding hydrogens is 281 g/mol.